The summed E-state index contributed by atoms with van der Waals surface area (Å²) in [4.78, 5) is 23.3. The number of hydrogen-bond acceptors (Lipinski definition) is 8. The predicted molar refractivity (Wildman–Crippen MR) is 201 cm³/mol. The molecule has 0 aromatic heterocycles. The molecule has 0 atom stereocenters. The van der Waals surface area contributed by atoms with E-state index in [2.05, 4.69) is 62.5 Å². The van der Waals surface area contributed by atoms with Crippen LogP contribution in [0.25, 0.3) is 33.4 Å². The van der Waals surface area contributed by atoms with Crippen molar-refractivity contribution in [2.75, 3.05) is 39.6 Å². The lowest BCUT2D eigenvalue weighted by atomic mass is 9.91. The second-order valence-corrected chi connectivity index (χ2v) is 12.2. The molecule has 0 bridgehead atoms. The van der Waals surface area contributed by atoms with Gasteiger partial charge < -0.3 is 29.2 Å². The molecule has 0 heterocycles. The number of hydrogen-bond donors (Lipinski definition) is 2. The van der Waals surface area contributed by atoms with Gasteiger partial charge in [0.15, 0.2) is 0 Å². The summed E-state index contributed by atoms with van der Waals surface area (Å²) >= 11 is 0. The Morgan fingerprint density at radius 2 is 1.10 bits per heavy atom. The maximum absolute atomic E-state index is 11.7. The van der Waals surface area contributed by atoms with Gasteiger partial charge in [-0.25, -0.2) is 9.59 Å². The molecule has 4 aromatic rings. The Labute approximate surface area is 301 Å². The Bertz CT molecular complexity index is 1740. The van der Waals surface area contributed by atoms with Crippen molar-refractivity contribution in [3.8, 4) is 44.9 Å². The first kappa shape index (κ1) is 38.6. The molecule has 0 aliphatic heterocycles. The van der Waals surface area contributed by atoms with Crippen molar-refractivity contribution in [1.82, 2.24) is 0 Å². The molecule has 0 aliphatic rings. The first-order valence-electron chi connectivity index (χ1n) is 17.4. The SMILES string of the molecule is C=C(CO)C(=O)OCCOc1ccc(-c2ccc(-c3ccc(-c4cccc(OCCOC(=O)C(=C)CO)c4)cc3)c(CCCCCCC)c2)cc1. The first-order valence-corrected chi connectivity index (χ1v) is 17.4. The minimum Gasteiger partial charge on any atom is -0.490 e. The van der Waals surface area contributed by atoms with Crippen LogP contribution in [0.3, 0.4) is 0 Å². The molecule has 0 saturated heterocycles. The summed E-state index contributed by atoms with van der Waals surface area (Å²) in [6, 6.07) is 30.9. The molecule has 4 rings (SSSR count). The van der Waals surface area contributed by atoms with E-state index in [9.17, 15) is 9.59 Å². The lowest BCUT2D eigenvalue weighted by molar-refractivity contribution is -0.141. The normalized spacial score (nSPS) is 10.7. The highest BCUT2D eigenvalue weighted by molar-refractivity contribution is 5.88. The molecule has 268 valence electrons. The minimum atomic E-state index is -0.633. The van der Waals surface area contributed by atoms with Gasteiger partial charge in [0.1, 0.15) is 37.9 Å². The Balaban J connectivity index is 1.43. The Kier molecular flexibility index (Phi) is 15.5. The van der Waals surface area contributed by atoms with Gasteiger partial charge in [-0.3, -0.25) is 0 Å². The standard InChI is InChI=1S/C43H48O8/c1-4-5-6-7-8-10-38-27-37(34-17-20-39(21-18-34)48-23-25-50-42(46)31(2)29-44)19-22-41(38)35-15-13-33(14-16-35)36-11-9-12-40(28-36)49-24-26-51-43(47)32(3)30-45/h9,11-22,27-28,44-45H,2-8,10,23-26,29-30H2,1H3. The molecule has 0 spiro atoms. The monoisotopic (exact) mass is 692 g/mol. The van der Waals surface area contributed by atoms with Crippen molar-refractivity contribution in [3.05, 3.63) is 121 Å². The molecule has 8 heteroatoms. The number of benzene rings is 4. The molecule has 0 aliphatic carbocycles. The fourth-order valence-electron chi connectivity index (χ4n) is 5.45. The van der Waals surface area contributed by atoms with Crippen LogP contribution in [0.2, 0.25) is 0 Å². The third-order valence-corrected chi connectivity index (χ3v) is 8.34. The zero-order valence-corrected chi connectivity index (χ0v) is 29.4. The fraction of sp³-hybridized carbons (Fsp3) is 0.302. The number of carbonyl (C=O) groups excluding carboxylic acids is 2. The summed E-state index contributed by atoms with van der Waals surface area (Å²) in [6.45, 7) is 8.78. The quantitative estimate of drug-likeness (QED) is 0.0512. The van der Waals surface area contributed by atoms with Gasteiger partial charge in [-0.2, -0.15) is 0 Å². The predicted octanol–water partition coefficient (Wildman–Crippen LogP) is 8.14. The topological polar surface area (TPSA) is 112 Å². The molecule has 4 aromatic carbocycles. The van der Waals surface area contributed by atoms with Gasteiger partial charge in [0.25, 0.3) is 0 Å². The van der Waals surface area contributed by atoms with Gasteiger partial charge in [0.05, 0.1) is 24.4 Å². The van der Waals surface area contributed by atoms with Crippen molar-refractivity contribution in [2.45, 2.75) is 45.4 Å². The third kappa shape index (κ3) is 12.0. The van der Waals surface area contributed by atoms with E-state index in [4.69, 9.17) is 29.2 Å². The Hall–Kier alpha value is -5.18. The summed E-state index contributed by atoms with van der Waals surface area (Å²) in [6.07, 6.45) is 7.02. The second kappa shape index (κ2) is 20.5. The van der Waals surface area contributed by atoms with Gasteiger partial charge in [0, 0.05) is 0 Å². The highest BCUT2D eigenvalue weighted by Crippen LogP contribution is 2.33. The van der Waals surface area contributed by atoms with E-state index in [1.54, 1.807) is 0 Å². The van der Waals surface area contributed by atoms with Crippen LogP contribution >= 0.6 is 0 Å². The van der Waals surface area contributed by atoms with E-state index in [0.717, 1.165) is 40.7 Å². The molecule has 51 heavy (non-hydrogen) atoms. The molecule has 0 radical (unpaired) electrons. The number of esters is 2. The molecule has 8 nitrogen and oxygen atoms in total. The zero-order valence-electron chi connectivity index (χ0n) is 29.4. The molecule has 0 fully saturated rings. The van der Waals surface area contributed by atoms with E-state index in [1.807, 2.05) is 48.5 Å². The lowest BCUT2D eigenvalue weighted by Gasteiger charge is -2.14. The van der Waals surface area contributed by atoms with Crippen molar-refractivity contribution < 1.29 is 38.7 Å². The third-order valence-electron chi connectivity index (χ3n) is 8.34. The van der Waals surface area contributed by atoms with E-state index in [1.165, 1.54) is 36.8 Å². The largest absolute Gasteiger partial charge is 0.490 e. The van der Waals surface area contributed by atoms with Crippen LogP contribution in [-0.2, 0) is 25.5 Å². The van der Waals surface area contributed by atoms with Crippen LogP contribution < -0.4 is 9.47 Å². The number of aliphatic hydroxyl groups excluding tert-OH is 2. The van der Waals surface area contributed by atoms with Gasteiger partial charge in [0.2, 0.25) is 0 Å². The van der Waals surface area contributed by atoms with Crippen LogP contribution in [0.15, 0.2) is 115 Å². The Morgan fingerprint density at radius 3 is 1.71 bits per heavy atom. The van der Waals surface area contributed by atoms with Crippen LogP contribution in [0.1, 0.15) is 44.6 Å². The molecular weight excluding hydrogens is 644 g/mol. The van der Waals surface area contributed by atoms with E-state index in [-0.39, 0.29) is 37.6 Å². The molecule has 0 saturated carbocycles. The van der Waals surface area contributed by atoms with Crippen molar-refractivity contribution in [2.24, 2.45) is 0 Å². The van der Waals surface area contributed by atoms with Crippen LogP contribution in [0.4, 0.5) is 0 Å². The van der Waals surface area contributed by atoms with Crippen LogP contribution in [0.5, 0.6) is 11.5 Å². The number of rotatable bonds is 21. The number of aliphatic hydroxyl groups is 2. The van der Waals surface area contributed by atoms with Gasteiger partial charge in [-0.15, -0.1) is 0 Å². The molecule has 2 N–H and O–H groups in total. The summed E-state index contributed by atoms with van der Waals surface area (Å²) in [5.41, 5.74) is 7.98. The summed E-state index contributed by atoms with van der Waals surface area (Å²) < 4.78 is 21.6. The maximum Gasteiger partial charge on any atom is 0.335 e. The van der Waals surface area contributed by atoms with Crippen LogP contribution in [-0.4, -0.2) is 61.8 Å². The first-order chi connectivity index (χ1) is 24.8. The lowest BCUT2D eigenvalue weighted by Crippen LogP contribution is -2.14. The minimum absolute atomic E-state index is 0.0100. The number of aryl methyl sites for hydroxylation is 1. The molecule has 0 amide bonds. The summed E-state index contributed by atoms with van der Waals surface area (Å²) in [5.74, 6) is 0.0788. The highest BCUT2D eigenvalue weighted by Gasteiger charge is 2.11. The fourth-order valence-corrected chi connectivity index (χ4v) is 5.45. The highest BCUT2D eigenvalue weighted by atomic mass is 16.6. The summed E-state index contributed by atoms with van der Waals surface area (Å²) in [5, 5.41) is 18.0. The average Bonchev–Trinajstić information content (AvgIpc) is 3.17. The molecular formula is C43H48O8. The smallest absolute Gasteiger partial charge is 0.335 e. The number of unbranched alkanes of at least 4 members (excludes halogenated alkanes) is 4. The van der Waals surface area contributed by atoms with Gasteiger partial charge >= 0.3 is 11.9 Å². The van der Waals surface area contributed by atoms with E-state index in [0.29, 0.717) is 11.5 Å². The van der Waals surface area contributed by atoms with Crippen LogP contribution in [0, 0.1) is 0 Å². The van der Waals surface area contributed by atoms with E-state index >= 15 is 0 Å². The van der Waals surface area contributed by atoms with Crippen molar-refractivity contribution in [1.29, 1.82) is 0 Å². The maximum atomic E-state index is 11.7. The average molecular weight is 693 g/mol. The number of carbonyl (C=O) groups is 2. The number of ether oxygens (including phenoxy) is 4. The second-order valence-electron chi connectivity index (χ2n) is 12.2. The Morgan fingerprint density at radius 1 is 0.569 bits per heavy atom. The van der Waals surface area contributed by atoms with Crippen molar-refractivity contribution >= 4 is 11.9 Å². The molecule has 0 unspecified atom stereocenters. The van der Waals surface area contributed by atoms with E-state index < -0.39 is 25.2 Å². The van der Waals surface area contributed by atoms with Crippen molar-refractivity contribution in [3.63, 3.8) is 0 Å². The van der Waals surface area contributed by atoms with Gasteiger partial charge in [-0.05, 0) is 76.1 Å². The zero-order chi connectivity index (χ0) is 36.4. The van der Waals surface area contributed by atoms with Gasteiger partial charge in [-0.1, -0.05) is 112 Å². The summed E-state index contributed by atoms with van der Waals surface area (Å²) in [7, 11) is 0.